The molecule has 0 aliphatic heterocycles. The Hall–Kier alpha value is -2.77. The smallest absolute Gasteiger partial charge is 0.0556 e. The van der Waals surface area contributed by atoms with Crippen molar-refractivity contribution in [3.8, 4) is 0 Å². The second-order valence-corrected chi connectivity index (χ2v) is 8.76. The Morgan fingerprint density at radius 3 is 1.21 bits per heavy atom. The average Bonchev–Trinajstić information content (AvgIpc) is 2.76. The second-order valence-electron chi connectivity index (χ2n) is 7.55. The maximum Gasteiger partial charge on any atom is 0.0556 e. The number of thioether (sulfide) groups is 1. The first-order valence-electron chi connectivity index (χ1n) is 10.1. The van der Waals surface area contributed by atoms with Gasteiger partial charge in [0.25, 0.3) is 0 Å². The van der Waals surface area contributed by atoms with Crippen molar-refractivity contribution in [1.82, 2.24) is 0 Å². The molecule has 29 heavy (non-hydrogen) atoms. The highest BCUT2D eigenvalue weighted by Crippen LogP contribution is 2.47. The van der Waals surface area contributed by atoms with Gasteiger partial charge in [-0.05, 0) is 36.1 Å². The van der Waals surface area contributed by atoms with Crippen molar-refractivity contribution in [3.63, 3.8) is 0 Å². The molecule has 0 fully saturated rings. The number of rotatable bonds is 6. The van der Waals surface area contributed by atoms with Gasteiger partial charge >= 0.3 is 0 Å². The minimum absolute atomic E-state index is 0.266. The first kappa shape index (κ1) is 19.5. The summed E-state index contributed by atoms with van der Waals surface area (Å²) < 4.78 is 0. The van der Waals surface area contributed by atoms with Crippen LogP contribution in [0.15, 0.2) is 109 Å². The first-order chi connectivity index (χ1) is 14.2. The summed E-state index contributed by atoms with van der Waals surface area (Å²) in [6.07, 6.45) is 0. The summed E-state index contributed by atoms with van der Waals surface area (Å²) in [6, 6.07) is 39.6. The van der Waals surface area contributed by atoms with E-state index in [1.165, 1.54) is 33.4 Å². The Kier molecular flexibility index (Phi) is 6.17. The Morgan fingerprint density at radius 2 is 0.828 bits per heavy atom. The third-order valence-electron chi connectivity index (χ3n) is 5.17. The van der Waals surface area contributed by atoms with Gasteiger partial charge in [0, 0.05) is 0 Å². The Morgan fingerprint density at radius 1 is 0.448 bits per heavy atom. The molecule has 0 bridgehead atoms. The summed E-state index contributed by atoms with van der Waals surface area (Å²) in [4.78, 5) is 0. The van der Waals surface area contributed by atoms with Gasteiger partial charge in [-0.2, -0.15) is 0 Å². The minimum Gasteiger partial charge on any atom is -0.136 e. The SMILES string of the molecule is Cc1cccc(C(SC(c2ccccc2)c2cccc(C)c2)c2ccccc2)c1. The second kappa shape index (κ2) is 9.15. The Bertz CT molecular complexity index is 967. The van der Waals surface area contributed by atoms with E-state index in [0.717, 1.165) is 0 Å². The molecule has 0 aliphatic rings. The van der Waals surface area contributed by atoms with Crippen molar-refractivity contribution in [2.75, 3.05) is 0 Å². The molecular formula is C28H26S. The van der Waals surface area contributed by atoms with Crippen molar-refractivity contribution in [2.45, 2.75) is 24.3 Å². The van der Waals surface area contributed by atoms with E-state index >= 15 is 0 Å². The minimum atomic E-state index is 0.266. The van der Waals surface area contributed by atoms with Crippen LogP contribution in [0, 0.1) is 13.8 Å². The fourth-order valence-corrected chi connectivity index (χ4v) is 5.27. The van der Waals surface area contributed by atoms with Crippen molar-refractivity contribution in [1.29, 1.82) is 0 Å². The van der Waals surface area contributed by atoms with Crippen LogP contribution in [0.25, 0.3) is 0 Å². The molecule has 4 rings (SSSR count). The number of aryl methyl sites for hydroxylation is 2. The van der Waals surface area contributed by atoms with Crippen LogP contribution in [-0.2, 0) is 0 Å². The highest BCUT2D eigenvalue weighted by atomic mass is 32.2. The van der Waals surface area contributed by atoms with E-state index in [9.17, 15) is 0 Å². The summed E-state index contributed by atoms with van der Waals surface area (Å²) in [5, 5.41) is 0.531. The molecule has 0 nitrogen and oxygen atoms in total. The van der Waals surface area contributed by atoms with E-state index < -0.39 is 0 Å². The standard InChI is InChI=1S/C28H26S/c1-21-11-9-17-25(19-21)27(23-13-5-3-6-14-23)29-28(24-15-7-4-8-16-24)26-18-10-12-22(2)20-26/h3-20,27-28H,1-2H3. The number of hydrogen-bond donors (Lipinski definition) is 0. The zero-order valence-corrected chi connectivity index (χ0v) is 17.8. The number of benzene rings is 4. The van der Waals surface area contributed by atoms with Crippen LogP contribution < -0.4 is 0 Å². The zero-order chi connectivity index (χ0) is 20.1. The van der Waals surface area contributed by atoms with E-state index in [2.05, 4.69) is 123 Å². The van der Waals surface area contributed by atoms with Crippen molar-refractivity contribution < 1.29 is 0 Å². The summed E-state index contributed by atoms with van der Waals surface area (Å²) in [7, 11) is 0. The van der Waals surface area contributed by atoms with Crippen LogP contribution in [0.1, 0.15) is 43.9 Å². The molecule has 0 saturated carbocycles. The third-order valence-corrected chi connectivity index (χ3v) is 6.80. The average molecular weight is 395 g/mol. The van der Waals surface area contributed by atoms with Gasteiger partial charge in [-0.15, -0.1) is 11.8 Å². The quantitative estimate of drug-likeness (QED) is 0.320. The third kappa shape index (κ3) is 4.81. The topological polar surface area (TPSA) is 0 Å². The van der Waals surface area contributed by atoms with Gasteiger partial charge in [0.15, 0.2) is 0 Å². The highest BCUT2D eigenvalue weighted by Gasteiger charge is 2.23. The lowest BCUT2D eigenvalue weighted by Gasteiger charge is -2.26. The van der Waals surface area contributed by atoms with Gasteiger partial charge in [0.05, 0.1) is 10.5 Å². The molecular weight excluding hydrogens is 368 g/mol. The normalized spacial score (nSPS) is 13.0. The lowest BCUT2D eigenvalue weighted by Crippen LogP contribution is -2.04. The molecule has 0 amide bonds. The van der Waals surface area contributed by atoms with E-state index in [4.69, 9.17) is 0 Å². The molecule has 2 atom stereocenters. The highest BCUT2D eigenvalue weighted by molar-refractivity contribution is 8.00. The maximum atomic E-state index is 2.32. The van der Waals surface area contributed by atoms with Gasteiger partial charge in [-0.1, -0.05) is 120 Å². The zero-order valence-electron chi connectivity index (χ0n) is 17.0. The fourth-order valence-electron chi connectivity index (χ4n) is 3.76. The summed E-state index contributed by atoms with van der Waals surface area (Å²) >= 11 is 2.02. The molecule has 0 saturated heterocycles. The van der Waals surface area contributed by atoms with E-state index in [1.807, 2.05) is 11.8 Å². The van der Waals surface area contributed by atoms with Gasteiger partial charge in [-0.3, -0.25) is 0 Å². The molecule has 0 N–H and O–H groups in total. The molecule has 1 heteroatoms. The molecule has 0 spiro atoms. The van der Waals surface area contributed by atoms with Crippen molar-refractivity contribution in [3.05, 3.63) is 143 Å². The Balaban J connectivity index is 1.80. The van der Waals surface area contributed by atoms with Gasteiger partial charge in [-0.25, -0.2) is 0 Å². The first-order valence-corrected chi connectivity index (χ1v) is 11.0. The largest absolute Gasteiger partial charge is 0.136 e. The molecule has 0 heterocycles. The molecule has 0 radical (unpaired) electrons. The van der Waals surface area contributed by atoms with Gasteiger partial charge in [0.1, 0.15) is 0 Å². The monoisotopic (exact) mass is 394 g/mol. The molecule has 0 aliphatic carbocycles. The maximum absolute atomic E-state index is 2.32. The van der Waals surface area contributed by atoms with Crippen LogP contribution in [0.3, 0.4) is 0 Å². The predicted octanol–water partition coefficient (Wildman–Crippen LogP) is 7.92. The lowest BCUT2D eigenvalue weighted by atomic mass is 10.0. The molecule has 2 unspecified atom stereocenters. The summed E-state index contributed by atoms with van der Waals surface area (Å²) in [5.41, 5.74) is 8.00. The summed E-state index contributed by atoms with van der Waals surface area (Å²) in [5.74, 6) is 0. The van der Waals surface area contributed by atoms with Gasteiger partial charge in [0.2, 0.25) is 0 Å². The fraction of sp³-hybridized carbons (Fsp3) is 0.143. The van der Waals surface area contributed by atoms with Crippen molar-refractivity contribution >= 4 is 11.8 Å². The van der Waals surface area contributed by atoms with Crippen LogP contribution in [0.2, 0.25) is 0 Å². The van der Waals surface area contributed by atoms with E-state index in [1.54, 1.807) is 0 Å². The lowest BCUT2D eigenvalue weighted by molar-refractivity contribution is 1.09. The van der Waals surface area contributed by atoms with Crippen LogP contribution in [0.5, 0.6) is 0 Å². The van der Waals surface area contributed by atoms with Crippen LogP contribution in [-0.4, -0.2) is 0 Å². The molecule has 0 aromatic heterocycles. The molecule has 4 aromatic carbocycles. The van der Waals surface area contributed by atoms with E-state index in [0.29, 0.717) is 0 Å². The van der Waals surface area contributed by atoms with Crippen molar-refractivity contribution in [2.24, 2.45) is 0 Å². The van der Waals surface area contributed by atoms with Crippen LogP contribution >= 0.6 is 11.8 Å². The predicted molar refractivity (Wildman–Crippen MR) is 127 cm³/mol. The van der Waals surface area contributed by atoms with Crippen LogP contribution in [0.4, 0.5) is 0 Å². The molecule has 4 aromatic rings. The summed E-state index contributed by atoms with van der Waals surface area (Å²) in [6.45, 7) is 4.34. The van der Waals surface area contributed by atoms with Gasteiger partial charge < -0.3 is 0 Å². The Labute approximate surface area is 178 Å². The number of hydrogen-bond acceptors (Lipinski definition) is 1. The van der Waals surface area contributed by atoms with E-state index in [-0.39, 0.29) is 10.5 Å². The molecule has 144 valence electrons.